The van der Waals surface area contributed by atoms with Crippen molar-refractivity contribution in [1.82, 2.24) is 9.97 Å². The van der Waals surface area contributed by atoms with Crippen LogP contribution in [0.15, 0.2) is 47.1 Å². The van der Waals surface area contributed by atoms with E-state index in [9.17, 15) is 5.26 Å². The van der Waals surface area contributed by atoms with E-state index in [-0.39, 0.29) is 39.8 Å². The molecule has 1 heterocycles. The topological polar surface area (TPSA) is 133 Å². The fourth-order valence-electron chi connectivity index (χ4n) is 2.06. The zero-order chi connectivity index (χ0) is 18.7. The Bertz CT molecular complexity index is 1090. The summed E-state index contributed by atoms with van der Waals surface area (Å²) in [6.07, 6.45) is 0. The third-order valence-corrected chi connectivity index (χ3v) is 3.48. The number of allylic oxidation sites excluding steroid dienone is 5. The van der Waals surface area contributed by atoms with E-state index in [0.717, 1.165) is 0 Å². The highest BCUT2D eigenvalue weighted by molar-refractivity contribution is 6.22. The minimum atomic E-state index is -0.179. The van der Waals surface area contributed by atoms with Crippen molar-refractivity contribution in [2.75, 3.05) is 0 Å². The molecular formula is C18H9N7. The second-order valence-corrected chi connectivity index (χ2v) is 4.93. The summed E-state index contributed by atoms with van der Waals surface area (Å²) in [6.45, 7) is 13.1. The first-order valence-corrected chi connectivity index (χ1v) is 6.80. The second kappa shape index (κ2) is 6.42. The Morgan fingerprint density at radius 3 is 1.88 bits per heavy atom. The largest absolute Gasteiger partial charge is 0.234 e. The molecule has 1 aromatic rings. The van der Waals surface area contributed by atoms with E-state index in [1.54, 1.807) is 12.1 Å². The van der Waals surface area contributed by atoms with Crippen LogP contribution in [0.25, 0.3) is 5.57 Å². The van der Waals surface area contributed by atoms with Gasteiger partial charge in [0, 0.05) is 11.1 Å². The maximum absolute atomic E-state index is 9.23. The minimum absolute atomic E-state index is 0.112. The molecule has 0 N–H and O–H groups in total. The van der Waals surface area contributed by atoms with Gasteiger partial charge in [0.05, 0.1) is 23.0 Å². The molecule has 1 aliphatic carbocycles. The van der Waals surface area contributed by atoms with Crippen molar-refractivity contribution in [3.8, 4) is 24.3 Å². The molecule has 0 radical (unpaired) electrons. The summed E-state index contributed by atoms with van der Waals surface area (Å²) < 4.78 is 0. The van der Waals surface area contributed by atoms with Crippen molar-refractivity contribution in [2.45, 2.75) is 6.92 Å². The molecule has 0 saturated heterocycles. The molecule has 0 fully saturated rings. The van der Waals surface area contributed by atoms with Gasteiger partial charge in [-0.3, -0.25) is 0 Å². The Morgan fingerprint density at radius 2 is 1.40 bits per heavy atom. The lowest BCUT2D eigenvalue weighted by molar-refractivity contribution is 1.08. The first-order chi connectivity index (χ1) is 11.9. The average Bonchev–Trinajstić information content (AvgIpc) is 2.64. The van der Waals surface area contributed by atoms with Gasteiger partial charge in [-0.25, -0.2) is 15.0 Å². The second-order valence-electron chi connectivity index (χ2n) is 4.93. The lowest BCUT2D eigenvalue weighted by atomic mass is 9.86. The number of nitriles is 4. The fourth-order valence-corrected chi connectivity index (χ4v) is 2.06. The number of hydrogen-bond donors (Lipinski definition) is 0. The van der Waals surface area contributed by atoms with Crippen LogP contribution < -0.4 is 0 Å². The molecule has 0 aromatic carbocycles. The van der Waals surface area contributed by atoms with Crippen LogP contribution in [-0.4, -0.2) is 15.7 Å². The summed E-state index contributed by atoms with van der Waals surface area (Å²) >= 11 is 0. The van der Waals surface area contributed by atoms with Gasteiger partial charge in [-0.1, -0.05) is 19.7 Å². The Labute approximate surface area is 144 Å². The average molecular weight is 323 g/mol. The van der Waals surface area contributed by atoms with Gasteiger partial charge in [-0.2, -0.15) is 21.0 Å². The van der Waals surface area contributed by atoms with Gasteiger partial charge >= 0.3 is 0 Å². The maximum atomic E-state index is 9.23. The van der Waals surface area contributed by atoms with Crippen molar-refractivity contribution in [1.29, 1.82) is 21.0 Å². The third-order valence-electron chi connectivity index (χ3n) is 3.48. The number of aliphatic imine (C=N–C) groups is 1. The number of nitrogens with zero attached hydrogens (tertiary/aromatic N) is 7. The first kappa shape index (κ1) is 17.0. The van der Waals surface area contributed by atoms with Crippen LogP contribution in [0.1, 0.15) is 29.7 Å². The quantitative estimate of drug-likeness (QED) is 0.729. The van der Waals surface area contributed by atoms with E-state index in [1.165, 1.54) is 6.92 Å². The zero-order valence-electron chi connectivity index (χ0n) is 13.3. The highest BCUT2D eigenvalue weighted by atomic mass is 14.9. The molecular weight excluding hydrogens is 314 g/mol. The Morgan fingerprint density at radius 1 is 0.840 bits per heavy atom. The number of fused-ring (bicyclic) bond motifs is 1. The van der Waals surface area contributed by atoms with Crippen LogP contribution in [0.2, 0.25) is 0 Å². The highest BCUT2D eigenvalue weighted by Gasteiger charge is 2.29. The van der Waals surface area contributed by atoms with Gasteiger partial charge in [0.15, 0.2) is 17.1 Å². The molecule has 25 heavy (non-hydrogen) atoms. The highest BCUT2D eigenvalue weighted by Crippen LogP contribution is 2.35. The summed E-state index contributed by atoms with van der Waals surface area (Å²) in [7, 11) is 0. The molecule has 0 atom stereocenters. The van der Waals surface area contributed by atoms with Crippen molar-refractivity contribution in [3.63, 3.8) is 0 Å². The van der Waals surface area contributed by atoms with Gasteiger partial charge < -0.3 is 0 Å². The molecule has 0 unspecified atom stereocenters. The molecule has 1 aromatic heterocycles. The third kappa shape index (κ3) is 2.70. The van der Waals surface area contributed by atoms with E-state index < -0.39 is 0 Å². The van der Waals surface area contributed by atoms with E-state index in [4.69, 9.17) is 15.8 Å². The van der Waals surface area contributed by atoms with Crippen molar-refractivity contribution < 1.29 is 0 Å². The minimum Gasteiger partial charge on any atom is -0.234 e. The SMILES string of the molecule is C=C1C(=C)/C(=N\C(C#N)=C(/C)C#N)c2nc(C#N)c(C#N)nc2C1=C. The van der Waals surface area contributed by atoms with Crippen molar-refractivity contribution in [2.24, 2.45) is 4.99 Å². The van der Waals surface area contributed by atoms with Gasteiger partial charge in [0.2, 0.25) is 0 Å². The van der Waals surface area contributed by atoms with Crippen LogP contribution in [0.3, 0.4) is 0 Å². The molecule has 0 aliphatic heterocycles. The van der Waals surface area contributed by atoms with Crippen LogP contribution in [0, 0.1) is 45.3 Å². The first-order valence-electron chi connectivity index (χ1n) is 6.80. The molecule has 7 nitrogen and oxygen atoms in total. The molecule has 1 aliphatic rings. The standard InChI is InChI=1S/C18H9N7/c1-9(5-19)13(6-20)23-16-11(3)10(2)12(4)17-18(16)25-15(8-22)14(7-21)24-17/h2-4H2,1H3/b13-9+,23-16+. The summed E-state index contributed by atoms with van der Waals surface area (Å²) in [6, 6.07) is 7.29. The van der Waals surface area contributed by atoms with E-state index in [0.29, 0.717) is 16.7 Å². The van der Waals surface area contributed by atoms with Gasteiger partial charge in [0.25, 0.3) is 0 Å². The molecule has 0 amide bonds. The summed E-state index contributed by atoms with van der Waals surface area (Å²) in [5, 5.41) is 36.5. The number of hydrogen-bond acceptors (Lipinski definition) is 7. The Kier molecular flexibility index (Phi) is 4.38. The molecule has 2 rings (SSSR count). The summed E-state index contributed by atoms with van der Waals surface area (Å²) in [5.74, 6) is 0. The predicted octanol–water partition coefficient (Wildman–Crippen LogP) is 2.47. The van der Waals surface area contributed by atoms with E-state index in [2.05, 4.69) is 34.7 Å². The van der Waals surface area contributed by atoms with Crippen LogP contribution >= 0.6 is 0 Å². The zero-order valence-corrected chi connectivity index (χ0v) is 13.3. The van der Waals surface area contributed by atoms with Gasteiger partial charge in [0.1, 0.15) is 23.9 Å². The smallest absolute Gasteiger partial charge is 0.177 e. The van der Waals surface area contributed by atoms with Crippen LogP contribution in [-0.2, 0) is 0 Å². The normalized spacial score (nSPS) is 15.4. The Balaban J connectivity index is 2.92. The lowest BCUT2D eigenvalue weighted by Crippen LogP contribution is -2.21. The monoisotopic (exact) mass is 323 g/mol. The number of aromatic nitrogens is 2. The fraction of sp³-hybridized carbons (Fsp3) is 0.0556. The van der Waals surface area contributed by atoms with E-state index in [1.807, 2.05) is 12.1 Å². The summed E-state index contributed by atoms with van der Waals surface area (Å²) in [5.41, 5.74) is 1.39. The lowest BCUT2D eigenvalue weighted by Gasteiger charge is -2.22. The molecule has 7 heteroatoms. The summed E-state index contributed by atoms with van der Waals surface area (Å²) in [4.78, 5) is 12.4. The number of rotatable bonds is 1. The molecule has 0 spiro atoms. The van der Waals surface area contributed by atoms with Crippen LogP contribution in [0.4, 0.5) is 0 Å². The maximum Gasteiger partial charge on any atom is 0.177 e. The molecule has 0 bridgehead atoms. The van der Waals surface area contributed by atoms with Gasteiger partial charge in [-0.05, 0) is 12.5 Å². The van der Waals surface area contributed by atoms with E-state index >= 15 is 0 Å². The van der Waals surface area contributed by atoms with Gasteiger partial charge in [-0.15, -0.1) is 0 Å². The van der Waals surface area contributed by atoms with Crippen LogP contribution in [0.5, 0.6) is 0 Å². The molecule has 116 valence electrons. The predicted molar refractivity (Wildman–Crippen MR) is 89.2 cm³/mol. The van der Waals surface area contributed by atoms with Crippen molar-refractivity contribution >= 4 is 11.3 Å². The molecule has 0 saturated carbocycles. The van der Waals surface area contributed by atoms with Crippen molar-refractivity contribution in [3.05, 3.63) is 64.9 Å². The Hall–Kier alpha value is -4.33.